The number of hydrogen-bond acceptors (Lipinski definition) is 2. The first-order valence-corrected chi connectivity index (χ1v) is 10.4. The number of carbonyl (C=O) groups is 1. The first-order chi connectivity index (χ1) is 12.2. The van der Waals surface area contributed by atoms with Crippen molar-refractivity contribution in [2.24, 2.45) is 5.92 Å². The van der Waals surface area contributed by atoms with Crippen molar-refractivity contribution in [1.29, 1.82) is 0 Å². The number of thiocarbonyl (C=S) groups is 1. The summed E-state index contributed by atoms with van der Waals surface area (Å²) in [5, 5.41) is 10.4. The van der Waals surface area contributed by atoms with Crippen molar-refractivity contribution in [3.05, 3.63) is 11.6 Å². The smallest absolute Gasteiger partial charge is 0.317 e. The Kier molecular flexibility index (Phi) is 6.96. The average Bonchev–Trinajstić information content (AvgIpc) is 3.13. The van der Waals surface area contributed by atoms with Gasteiger partial charge in [0.25, 0.3) is 0 Å². The number of rotatable bonds is 5. The Morgan fingerprint density at radius 1 is 1.12 bits per heavy atom. The minimum atomic E-state index is 0.0802. The Bertz CT molecular complexity index is 502. The highest BCUT2D eigenvalue weighted by molar-refractivity contribution is 7.80. The molecule has 5 nitrogen and oxygen atoms in total. The summed E-state index contributed by atoms with van der Waals surface area (Å²) < 4.78 is 0. The Hall–Kier alpha value is -1.30. The van der Waals surface area contributed by atoms with E-state index < -0.39 is 0 Å². The number of allylic oxidation sites excluding steroid dienone is 1. The molecule has 140 valence electrons. The van der Waals surface area contributed by atoms with Crippen molar-refractivity contribution in [3.8, 4) is 0 Å². The molecule has 0 aromatic heterocycles. The van der Waals surface area contributed by atoms with Gasteiger partial charge in [0.15, 0.2) is 5.11 Å². The molecule has 1 saturated heterocycles. The summed E-state index contributed by atoms with van der Waals surface area (Å²) in [5.74, 6) is 0.732. The van der Waals surface area contributed by atoms with Crippen molar-refractivity contribution in [2.45, 2.75) is 63.8 Å². The number of fused-ring (bicyclic) bond motifs is 1. The monoisotopic (exact) mass is 364 g/mol. The highest BCUT2D eigenvalue weighted by Gasteiger charge is 2.27. The zero-order valence-electron chi connectivity index (χ0n) is 15.2. The summed E-state index contributed by atoms with van der Waals surface area (Å²) in [7, 11) is 0. The molecule has 0 aromatic rings. The molecule has 25 heavy (non-hydrogen) atoms. The quantitative estimate of drug-likeness (QED) is 0.399. The Balaban J connectivity index is 1.26. The standard InChI is InChI=1S/C19H32N4OS/c24-19(23-13-10-15-6-1-2-7-16(15)14-23)21-12-5-11-20-18(25)22-17-8-3-4-9-17/h7,15,17H,1-6,8-14H2,(H,21,24)(H2,20,22,25). The summed E-state index contributed by atoms with van der Waals surface area (Å²) in [6.45, 7) is 3.20. The van der Waals surface area contributed by atoms with Gasteiger partial charge < -0.3 is 20.9 Å². The van der Waals surface area contributed by atoms with Gasteiger partial charge in [-0.05, 0) is 63.1 Å². The van der Waals surface area contributed by atoms with Crippen LogP contribution in [0.3, 0.4) is 0 Å². The van der Waals surface area contributed by atoms with Gasteiger partial charge in [-0.3, -0.25) is 0 Å². The van der Waals surface area contributed by atoms with Gasteiger partial charge >= 0.3 is 6.03 Å². The normalized spacial score (nSPS) is 23.6. The Labute approximate surface area is 157 Å². The number of urea groups is 1. The van der Waals surface area contributed by atoms with Gasteiger partial charge in [0, 0.05) is 32.2 Å². The van der Waals surface area contributed by atoms with Crippen LogP contribution >= 0.6 is 12.2 Å². The highest BCUT2D eigenvalue weighted by Crippen LogP contribution is 2.31. The van der Waals surface area contributed by atoms with E-state index in [0.29, 0.717) is 12.6 Å². The van der Waals surface area contributed by atoms with Crippen LogP contribution in [-0.4, -0.2) is 48.3 Å². The predicted octanol–water partition coefficient (Wildman–Crippen LogP) is 2.93. The third kappa shape index (κ3) is 5.59. The number of carbonyl (C=O) groups excluding carboxylic acids is 1. The van der Waals surface area contributed by atoms with Crippen LogP contribution in [0.5, 0.6) is 0 Å². The fourth-order valence-corrected chi connectivity index (χ4v) is 4.48. The van der Waals surface area contributed by atoms with Crippen LogP contribution in [0.1, 0.15) is 57.8 Å². The van der Waals surface area contributed by atoms with Crippen LogP contribution < -0.4 is 16.0 Å². The zero-order valence-corrected chi connectivity index (χ0v) is 16.0. The van der Waals surface area contributed by atoms with Gasteiger partial charge in [-0.15, -0.1) is 0 Å². The molecule has 3 rings (SSSR count). The maximum atomic E-state index is 12.3. The molecule has 2 amide bonds. The minimum Gasteiger partial charge on any atom is -0.363 e. The lowest BCUT2D eigenvalue weighted by molar-refractivity contribution is 0.186. The van der Waals surface area contributed by atoms with Crippen LogP contribution in [0, 0.1) is 5.92 Å². The molecular weight excluding hydrogens is 332 g/mol. The predicted molar refractivity (Wildman–Crippen MR) is 106 cm³/mol. The fourth-order valence-electron chi connectivity index (χ4n) is 4.22. The van der Waals surface area contributed by atoms with Crippen LogP contribution in [0.15, 0.2) is 11.6 Å². The molecule has 1 aliphatic heterocycles. The van der Waals surface area contributed by atoms with Crippen molar-refractivity contribution in [1.82, 2.24) is 20.9 Å². The molecule has 6 heteroatoms. The summed E-state index contributed by atoms with van der Waals surface area (Å²) >= 11 is 5.32. The van der Waals surface area contributed by atoms with E-state index in [0.717, 1.165) is 43.5 Å². The molecule has 0 spiro atoms. The third-order valence-electron chi connectivity index (χ3n) is 5.70. The fraction of sp³-hybridized carbons (Fsp3) is 0.789. The lowest BCUT2D eigenvalue weighted by atomic mass is 9.82. The van der Waals surface area contributed by atoms with E-state index in [-0.39, 0.29) is 6.03 Å². The summed E-state index contributed by atoms with van der Waals surface area (Å²) in [6, 6.07) is 0.633. The number of piperidine rings is 1. The summed E-state index contributed by atoms with van der Waals surface area (Å²) in [4.78, 5) is 14.3. The molecule has 1 saturated carbocycles. The van der Waals surface area contributed by atoms with E-state index in [1.165, 1.54) is 50.5 Å². The first kappa shape index (κ1) is 18.5. The molecule has 2 aliphatic carbocycles. The van der Waals surface area contributed by atoms with Crippen LogP contribution in [0.2, 0.25) is 0 Å². The minimum absolute atomic E-state index is 0.0802. The number of hydrogen-bond donors (Lipinski definition) is 3. The molecule has 3 aliphatic rings. The van der Waals surface area contributed by atoms with Gasteiger partial charge in [-0.1, -0.05) is 24.5 Å². The largest absolute Gasteiger partial charge is 0.363 e. The average molecular weight is 365 g/mol. The third-order valence-corrected chi connectivity index (χ3v) is 5.96. The van der Waals surface area contributed by atoms with E-state index in [1.807, 2.05) is 4.90 Å². The Morgan fingerprint density at radius 3 is 2.76 bits per heavy atom. The first-order valence-electron chi connectivity index (χ1n) is 9.98. The molecule has 3 N–H and O–H groups in total. The van der Waals surface area contributed by atoms with Crippen molar-refractivity contribution in [3.63, 3.8) is 0 Å². The molecule has 0 bridgehead atoms. The van der Waals surface area contributed by atoms with Gasteiger partial charge in [0.1, 0.15) is 0 Å². The summed E-state index contributed by atoms with van der Waals surface area (Å²) in [6.07, 6.45) is 13.2. The highest BCUT2D eigenvalue weighted by atomic mass is 32.1. The number of likely N-dealkylation sites (tertiary alicyclic amines) is 1. The second-order valence-corrected chi connectivity index (χ2v) is 7.99. The lowest BCUT2D eigenvalue weighted by Gasteiger charge is -2.36. The molecule has 1 atom stereocenters. The molecular formula is C19H32N4OS. The number of nitrogens with one attached hydrogen (secondary N) is 3. The van der Waals surface area contributed by atoms with Gasteiger partial charge in [-0.25, -0.2) is 4.79 Å². The van der Waals surface area contributed by atoms with E-state index >= 15 is 0 Å². The van der Waals surface area contributed by atoms with Gasteiger partial charge in [0.2, 0.25) is 0 Å². The van der Waals surface area contributed by atoms with Crippen LogP contribution in [0.4, 0.5) is 4.79 Å². The van der Waals surface area contributed by atoms with E-state index in [1.54, 1.807) is 0 Å². The maximum Gasteiger partial charge on any atom is 0.317 e. The second-order valence-electron chi connectivity index (χ2n) is 7.58. The topological polar surface area (TPSA) is 56.4 Å². The van der Waals surface area contributed by atoms with E-state index in [4.69, 9.17) is 12.2 Å². The van der Waals surface area contributed by atoms with Crippen molar-refractivity contribution >= 4 is 23.4 Å². The van der Waals surface area contributed by atoms with Crippen molar-refractivity contribution in [2.75, 3.05) is 26.2 Å². The summed E-state index contributed by atoms with van der Waals surface area (Å²) in [5.41, 5.74) is 1.48. The number of amides is 2. The molecule has 1 unspecified atom stereocenters. The van der Waals surface area contributed by atoms with Crippen LogP contribution in [0.25, 0.3) is 0 Å². The van der Waals surface area contributed by atoms with Crippen molar-refractivity contribution < 1.29 is 4.79 Å². The zero-order chi connectivity index (χ0) is 17.5. The van der Waals surface area contributed by atoms with Gasteiger partial charge in [0.05, 0.1) is 0 Å². The van der Waals surface area contributed by atoms with E-state index in [9.17, 15) is 4.79 Å². The molecule has 1 heterocycles. The molecule has 0 radical (unpaired) electrons. The maximum absolute atomic E-state index is 12.3. The molecule has 0 aromatic carbocycles. The Morgan fingerprint density at radius 2 is 1.92 bits per heavy atom. The molecule has 2 fully saturated rings. The SMILES string of the molecule is O=C(NCCCNC(=S)NC1CCCC1)N1CCC2CCCC=C2C1. The lowest BCUT2D eigenvalue weighted by Crippen LogP contribution is -2.46. The van der Waals surface area contributed by atoms with Gasteiger partial charge in [-0.2, -0.15) is 0 Å². The van der Waals surface area contributed by atoms with Crippen LogP contribution in [-0.2, 0) is 0 Å². The second kappa shape index (κ2) is 9.41. The van der Waals surface area contributed by atoms with E-state index in [2.05, 4.69) is 22.0 Å². The number of nitrogens with zero attached hydrogens (tertiary/aromatic N) is 1.